The Labute approximate surface area is 222 Å². The zero-order chi connectivity index (χ0) is 28.7. The van der Waals surface area contributed by atoms with Crippen LogP contribution in [0.1, 0.15) is 28.8 Å². The number of Topliss-reactive ketones (excluding diaryl/α,β-unsaturated/α-hetero) is 4. The van der Waals surface area contributed by atoms with Gasteiger partial charge in [-0.15, -0.1) is 0 Å². The second kappa shape index (κ2) is 8.87. The SMILES string of the molecule is CC1c2ccc(-c3ccc(F)cc3)c(O)c2C(=O)C2C(=O)C3(O)C(=O)C(C(N)=O)C(=O)C(N(C)C)C3C(O)C21. The number of benzene rings is 2. The number of aliphatic hydroxyl groups excluding tert-OH is 1. The molecule has 0 radical (unpaired) electrons. The van der Waals surface area contributed by atoms with Crippen LogP contribution in [-0.4, -0.2) is 81.1 Å². The lowest BCUT2D eigenvalue weighted by molar-refractivity contribution is -0.196. The van der Waals surface area contributed by atoms with Gasteiger partial charge in [0.1, 0.15) is 11.6 Å². The summed E-state index contributed by atoms with van der Waals surface area (Å²) >= 11 is 0. The van der Waals surface area contributed by atoms with Crippen LogP contribution in [0.2, 0.25) is 0 Å². The highest BCUT2D eigenvalue weighted by Crippen LogP contribution is 2.55. The van der Waals surface area contributed by atoms with E-state index >= 15 is 0 Å². The number of rotatable bonds is 3. The monoisotopic (exact) mass is 538 g/mol. The molecule has 0 aromatic heterocycles. The molecular formula is C28H27FN2O8. The molecule has 0 saturated heterocycles. The molecule has 3 aliphatic carbocycles. The predicted molar refractivity (Wildman–Crippen MR) is 133 cm³/mol. The molecule has 10 nitrogen and oxygen atoms in total. The summed E-state index contributed by atoms with van der Waals surface area (Å²) in [5.41, 5.74) is 2.94. The van der Waals surface area contributed by atoms with Gasteiger partial charge in [0.25, 0.3) is 0 Å². The summed E-state index contributed by atoms with van der Waals surface area (Å²) < 4.78 is 13.5. The number of nitrogens with two attached hydrogens (primary N) is 1. The van der Waals surface area contributed by atoms with E-state index < -0.39 is 87.9 Å². The maximum absolute atomic E-state index is 14.0. The van der Waals surface area contributed by atoms with Crippen LogP contribution in [0.3, 0.4) is 0 Å². The first kappa shape index (κ1) is 26.8. The maximum Gasteiger partial charge on any atom is 0.235 e. The fourth-order valence-electron chi connectivity index (χ4n) is 6.85. The van der Waals surface area contributed by atoms with E-state index in [1.54, 1.807) is 13.0 Å². The minimum Gasteiger partial charge on any atom is -0.507 e. The van der Waals surface area contributed by atoms with Crippen LogP contribution in [0, 0.1) is 29.5 Å². The molecule has 2 fully saturated rings. The van der Waals surface area contributed by atoms with Gasteiger partial charge in [-0.3, -0.25) is 28.9 Å². The Morgan fingerprint density at radius 1 is 1.03 bits per heavy atom. The number of likely N-dealkylation sites (N-methyl/N-ethyl adjacent to an activating group) is 1. The van der Waals surface area contributed by atoms with Crippen LogP contribution in [-0.2, 0) is 19.2 Å². The van der Waals surface area contributed by atoms with Gasteiger partial charge in [0.2, 0.25) is 5.91 Å². The molecule has 5 rings (SSSR count). The molecule has 204 valence electrons. The average molecular weight is 539 g/mol. The minimum atomic E-state index is -3.06. The number of carbonyl (C=O) groups excluding carboxylic acids is 5. The number of amides is 1. The van der Waals surface area contributed by atoms with E-state index in [1.807, 2.05) is 0 Å². The highest BCUT2D eigenvalue weighted by Gasteiger charge is 2.72. The van der Waals surface area contributed by atoms with Crippen molar-refractivity contribution in [1.82, 2.24) is 4.90 Å². The first-order valence-electron chi connectivity index (χ1n) is 12.4. The highest BCUT2D eigenvalue weighted by molar-refractivity contribution is 6.32. The van der Waals surface area contributed by atoms with E-state index in [-0.39, 0.29) is 11.1 Å². The van der Waals surface area contributed by atoms with Gasteiger partial charge in [-0.25, -0.2) is 4.39 Å². The first-order valence-corrected chi connectivity index (χ1v) is 12.4. The van der Waals surface area contributed by atoms with Gasteiger partial charge in [0.15, 0.2) is 34.7 Å². The molecule has 2 saturated carbocycles. The Bertz CT molecular complexity index is 1450. The van der Waals surface area contributed by atoms with Crippen molar-refractivity contribution in [2.24, 2.45) is 29.4 Å². The van der Waals surface area contributed by atoms with Crippen molar-refractivity contribution in [1.29, 1.82) is 0 Å². The number of phenolic OH excluding ortho intramolecular Hbond substituents is 1. The third kappa shape index (κ3) is 3.46. The molecule has 5 N–H and O–H groups in total. The summed E-state index contributed by atoms with van der Waals surface area (Å²) in [6.45, 7) is 1.63. The summed E-state index contributed by atoms with van der Waals surface area (Å²) in [5, 5.41) is 34.4. The second-order valence-electron chi connectivity index (χ2n) is 10.8. The second-order valence-corrected chi connectivity index (χ2v) is 10.8. The smallest absolute Gasteiger partial charge is 0.235 e. The topological polar surface area (TPSA) is 175 Å². The van der Waals surface area contributed by atoms with Gasteiger partial charge >= 0.3 is 0 Å². The Kier molecular flexibility index (Phi) is 6.09. The molecule has 3 aliphatic rings. The lowest BCUT2D eigenvalue weighted by Crippen LogP contribution is -2.77. The molecular weight excluding hydrogens is 511 g/mol. The van der Waals surface area contributed by atoms with Gasteiger partial charge in [0, 0.05) is 11.5 Å². The summed E-state index contributed by atoms with van der Waals surface area (Å²) in [4.78, 5) is 67.8. The normalized spacial score (nSPS) is 34.0. The summed E-state index contributed by atoms with van der Waals surface area (Å²) in [6.07, 6.45) is -1.70. The summed E-state index contributed by atoms with van der Waals surface area (Å²) in [5.74, 6) is -14.4. The molecule has 11 heteroatoms. The van der Waals surface area contributed by atoms with Crippen molar-refractivity contribution in [2.45, 2.75) is 30.6 Å². The highest BCUT2D eigenvalue weighted by atomic mass is 19.1. The molecule has 8 atom stereocenters. The number of primary amides is 1. The third-order valence-electron chi connectivity index (χ3n) is 8.64. The number of fused-ring (bicyclic) bond motifs is 3. The number of ketones is 4. The van der Waals surface area contributed by atoms with Gasteiger partial charge in [0.05, 0.1) is 29.5 Å². The van der Waals surface area contributed by atoms with Crippen LogP contribution in [0.25, 0.3) is 11.1 Å². The van der Waals surface area contributed by atoms with Gasteiger partial charge in [-0.05, 0) is 43.3 Å². The Morgan fingerprint density at radius 2 is 1.64 bits per heavy atom. The maximum atomic E-state index is 14.0. The molecule has 39 heavy (non-hydrogen) atoms. The van der Waals surface area contributed by atoms with E-state index in [4.69, 9.17) is 5.73 Å². The lowest BCUT2D eigenvalue weighted by Gasteiger charge is -2.56. The van der Waals surface area contributed by atoms with E-state index in [9.17, 15) is 43.7 Å². The third-order valence-corrected chi connectivity index (χ3v) is 8.64. The van der Waals surface area contributed by atoms with Crippen LogP contribution >= 0.6 is 0 Å². The number of hydrogen-bond acceptors (Lipinski definition) is 9. The fourth-order valence-corrected chi connectivity index (χ4v) is 6.85. The Balaban J connectivity index is 1.69. The number of carbonyl (C=O) groups is 5. The van der Waals surface area contributed by atoms with Crippen molar-refractivity contribution < 1.29 is 43.7 Å². The standard InChI is InChI=1S/C28H27FN2O8/c1-10-13-8-9-14(11-4-6-12(29)7-5-11)21(32)16(13)22(33)17-15(10)23(34)19-20(31(2)3)24(35)18(27(30)38)26(37)28(19,39)25(17)36/h4-10,15,17-20,23,32,34,39H,1-3H3,(H2,30,38). The van der Waals surface area contributed by atoms with Crippen molar-refractivity contribution in [3.05, 3.63) is 53.3 Å². The minimum absolute atomic E-state index is 0.189. The lowest BCUT2D eigenvalue weighted by atomic mass is 9.49. The van der Waals surface area contributed by atoms with Crippen molar-refractivity contribution >= 4 is 29.0 Å². The van der Waals surface area contributed by atoms with E-state index in [1.165, 1.54) is 49.3 Å². The van der Waals surface area contributed by atoms with Crippen molar-refractivity contribution in [3.63, 3.8) is 0 Å². The number of hydrogen-bond donors (Lipinski definition) is 4. The molecule has 0 bridgehead atoms. The van der Waals surface area contributed by atoms with Gasteiger partial charge in [-0.2, -0.15) is 0 Å². The average Bonchev–Trinajstić information content (AvgIpc) is 2.86. The van der Waals surface area contributed by atoms with Crippen LogP contribution < -0.4 is 5.73 Å². The molecule has 2 aromatic rings. The zero-order valence-corrected chi connectivity index (χ0v) is 21.3. The molecule has 0 aliphatic heterocycles. The quantitative estimate of drug-likeness (QED) is 0.398. The van der Waals surface area contributed by atoms with Crippen LogP contribution in [0.5, 0.6) is 5.75 Å². The zero-order valence-electron chi connectivity index (χ0n) is 21.3. The number of nitrogens with zero attached hydrogens (tertiary/aromatic N) is 1. The largest absolute Gasteiger partial charge is 0.507 e. The molecule has 1 amide bonds. The van der Waals surface area contributed by atoms with E-state index in [2.05, 4.69) is 0 Å². The van der Waals surface area contributed by atoms with Crippen LogP contribution in [0.15, 0.2) is 36.4 Å². The number of aliphatic hydroxyl groups is 2. The van der Waals surface area contributed by atoms with Gasteiger partial charge in [-0.1, -0.05) is 31.2 Å². The predicted octanol–water partition coefficient (Wildman–Crippen LogP) is 0.205. The summed E-state index contributed by atoms with van der Waals surface area (Å²) in [7, 11) is 2.86. The Hall–Kier alpha value is -3.80. The van der Waals surface area contributed by atoms with Gasteiger partial charge < -0.3 is 21.1 Å². The Morgan fingerprint density at radius 3 is 2.21 bits per heavy atom. The summed E-state index contributed by atoms with van der Waals surface area (Å²) in [6, 6.07) is 6.84. The van der Waals surface area contributed by atoms with Crippen LogP contribution in [0.4, 0.5) is 4.39 Å². The van der Waals surface area contributed by atoms with E-state index in [0.29, 0.717) is 11.1 Å². The first-order chi connectivity index (χ1) is 18.2. The number of aromatic hydroxyl groups is 1. The van der Waals surface area contributed by atoms with Crippen molar-refractivity contribution in [2.75, 3.05) is 14.1 Å². The number of phenols is 1. The molecule has 8 unspecified atom stereocenters. The molecule has 2 aromatic carbocycles. The number of halogens is 1. The fraction of sp³-hybridized carbons (Fsp3) is 0.393. The molecule has 0 spiro atoms. The van der Waals surface area contributed by atoms with E-state index in [0.717, 1.165) is 0 Å². The molecule has 0 heterocycles. The van der Waals surface area contributed by atoms with Crippen molar-refractivity contribution in [3.8, 4) is 16.9 Å².